The van der Waals surface area contributed by atoms with E-state index < -0.39 is 29.3 Å². The van der Waals surface area contributed by atoms with E-state index in [1.165, 1.54) is 17.0 Å². The van der Waals surface area contributed by atoms with E-state index in [1.54, 1.807) is 0 Å². The molecule has 6 nitrogen and oxygen atoms in total. The number of benzene rings is 1. The molecular formula is C15H13FN2O4. The number of hydrogen-bond acceptors (Lipinski definition) is 3. The number of carboxylic acid groups (broad SMARTS) is 1. The maximum atomic E-state index is 13.5. The predicted molar refractivity (Wildman–Crippen MR) is 76.2 cm³/mol. The van der Waals surface area contributed by atoms with Gasteiger partial charge < -0.3 is 15.0 Å². The van der Waals surface area contributed by atoms with Crippen molar-refractivity contribution < 1.29 is 19.1 Å². The summed E-state index contributed by atoms with van der Waals surface area (Å²) in [5.41, 5.74) is -0.136. The minimum atomic E-state index is -1.08. The highest BCUT2D eigenvalue weighted by Gasteiger charge is 2.35. The number of likely N-dealkylation sites (tertiary alicyclic amines) is 1. The van der Waals surface area contributed by atoms with Gasteiger partial charge in [-0.1, -0.05) is 0 Å². The lowest BCUT2D eigenvalue weighted by Crippen LogP contribution is -2.40. The third-order valence-corrected chi connectivity index (χ3v) is 3.83. The maximum Gasteiger partial charge on any atom is 0.326 e. The van der Waals surface area contributed by atoms with Crippen molar-refractivity contribution >= 4 is 22.8 Å². The van der Waals surface area contributed by atoms with E-state index in [0.29, 0.717) is 24.9 Å². The zero-order valence-corrected chi connectivity index (χ0v) is 11.5. The molecule has 1 atom stereocenters. The summed E-state index contributed by atoms with van der Waals surface area (Å²) in [4.78, 5) is 39.3. The molecule has 7 heteroatoms. The molecule has 0 aliphatic carbocycles. The fourth-order valence-corrected chi connectivity index (χ4v) is 2.82. The Labute approximate surface area is 124 Å². The average Bonchev–Trinajstić information content (AvgIpc) is 2.96. The molecule has 114 valence electrons. The number of H-pyrrole nitrogens is 1. The maximum absolute atomic E-state index is 13.5. The SMILES string of the molecule is O=C(O)C1CCCN1C(=O)c1cc(=O)[nH]c2ccc(F)cc12. The van der Waals surface area contributed by atoms with Crippen LogP contribution in [0.4, 0.5) is 4.39 Å². The van der Waals surface area contributed by atoms with Crippen molar-refractivity contribution in [2.75, 3.05) is 6.54 Å². The fraction of sp³-hybridized carbons (Fsp3) is 0.267. The van der Waals surface area contributed by atoms with Gasteiger partial charge in [0.05, 0.1) is 5.56 Å². The van der Waals surface area contributed by atoms with Crippen LogP contribution in [0.3, 0.4) is 0 Å². The molecular weight excluding hydrogens is 291 g/mol. The summed E-state index contributed by atoms with van der Waals surface area (Å²) in [6, 6.07) is 3.89. The number of aliphatic carboxylic acids is 1. The van der Waals surface area contributed by atoms with Crippen LogP contribution in [0.25, 0.3) is 10.9 Å². The van der Waals surface area contributed by atoms with E-state index >= 15 is 0 Å². The number of carbonyl (C=O) groups is 2. The quantitative estimate of drug-likeness (QED) is 0.876. The zero-order valence-electron chi connectivity index (χ0n) is 11.5. The molecule has 1 aliphatic heterocycles. The first-order chi connectivity index (χ1) is 10.5. The molecule has 1 aromatic carbocycles. The molecule has 2 heterocycles. The van der Waals surface area contributed by atoms with Crippen LogP contribution < -0.4 is 5.56 Å². The molecule has 1 aromatic heterocycles. The number of halogens is 1. The van der Waals surface area contributed by atoms with Gasteiger partial charge in [-0.25, -0.2) is 9.18 Å². The third kappa shape index (κ3) is 2.34. The molecule has 1 fully saturated rings. The van der Waals surface area contributed by atoms with Gasteiger partial charge in [0.25, 0.3) is 5.91 Å². The summed E-state index contributed by atoms with van der Waals surface area (Å²) in [6.45, 7) is 0.305. The lowest BCUT2D eigenvalue weighted by Gasteiger charge is -2.22. The minimum absolute atomic E-state index is 0.0198. The van der Waals surface area contributed by atoms with Crippen LogP contribution in [0, 0.1) is 5.82 Å². The molecule has 3 rings (SSSR count). The van der Waals surface area contributed by atoms with Crippen molar-refractivity contribution in [1.29, 1.82) is 0 Å². The summed E-state index contributed by atoms with van der Waals surface area (Å²) < 4.78 is 13.5. The zero-order chi connectivity index (χ0) is 15.9. The van der Waals surface area contributed by atoms with Crippen LogP contribution in [0.5, 0.6) is 0 Å². The van der Waals surface area contributed by atoms with Crippen molar-refractivity contribution in [3.63, 3.8) is 0 Å². The Hall–Kier alpha value is -2.70. The first-order valence-electron chi connectivity index (χ1n) is 6.84. The van der Waals surface area contributed by atoms with E-state index in [-0.39, 0.29) is 10.9 Å². The normalized spacial score (nSPS) is 17.9. The number of amides is 1. The highest BCUT2D eigenvalue weighted by molar-refractivity contribution is 6.07. The van der Waals surface area contributed by atoms with Crippen LogP contribution in [0.2, 0.25) is 0 Å². The molecule has 2 N–H and O–H groups in total. The van der Waals surface area contributed by atoms with Crippen LogP contribution in [0.15, 0.2) is 29.1 Å². The number of fused-ring (bicyclic) bond motifs is 1. The van der Waals surface area contributed by atoms with Crippen molar-refractivity contribution in [3.8, 4) is 0 Å². The largest absolute Gasteiger partial charge is 0.480 e. The van der Waals surface area contributed by atoms with E-state index in [1.807, 2.05) is 0 Å². The molecule has 0 saturated carbocycles. The van der Waals surface area contributed by atoms with Crippen LogP contribution >= 0.6 is 0 Å². The Kier molecular flexibility index (Phi) is 3.40. The second-order valence-corrected chi connectivity index (χ2v) is 5.23. The first-order valence-corrected chi connectivity index (χ1v) is 6.84. The number of hydrogen-bond donors (Lipinski definition) is 2. The monoisotopic (exact) mass is 304 g/mol. The van der Waals surface area contributed by atoms with Gasteiger partial charge in [-0.3, -0.25) is 9.59 Å². The average molecular weight is 304 g/mol. The van der Waals surface area contributed by atoms with Crippen molar-refractivity contribution in [1.82, 2.24) is 9.88 Å². The van der Waals surface area contributed by atoms with Crippen LogP contribution in [-0.4, -0.2) is 39.5 Å². The Morgan fingerprint density at radius 1 is 1.32 bits per heavy atom. The second-order valence-electron chi connectivity index (χ2n) is 5.23. The molecule has 1 aliphatic rings. The van der Waals surface area contributed by atoms with Crippen LogP contribution in [-0.2, 0) is 4.79 Å². The number of aromatic nitrogens is 1. The smallest absolute Gasteiger partial charge is 0.326 e. The molecule has 0 bridgehead atoms. The molecule has 1 unspecified atom stereocenters. The van der Waals surface area contributed by atoms with E-state index in [4.69, 9.17) is 5.11 Å². The second kappa shape index (κ2) is 5.25. The molecule has 2 aromatic rings. The van der Waals surface area contributed by atoms with Gasteiger partial charge in [0.1, 0.15) is 11.9 Å². The van der Waals surface area contributed by atoms with Gasteiger partial charge in [-0.2, -0.15) is 0 Å². The number of nitrogens with zero attached hydrogens (tertiary/aromatic N) is 1. The first kappa shape index (κ1) is 14.2. The highest BCUT2D eigenvalue weighted by atomic mass is 19.1. The number of carboxylic acids is 1. The number of aromatic amines is 1. The number of nitrogens with one attached hydrogen (secondary N) is 1. The Bertz CT molecular complexity index is 830. The fourth-order valence-electron chi connectivity index (χ4n) is 2.82. The Morgan fingerprint density at radius 3 is 2.82 bits per heavy atom. The molecule has 0 radical (unpaired) electrons. The summed E-state index contributed by atoms with van der Waals surface area (Å²) in [5.74, 6) is -2.18. The molecule has 1 saturated heterocycles. The molecule has 0 spiro atoms. The van der Waals surface area contributed by atoms with Gasteiger partial charge in [-0.15, -0.1) is 0 Å². The lowest BCUT2D eigenvalue weighted by atomic mass is 10.1. The number of rotatable bonds is 2. The van der Waals surface area contributed by atoms with E-state index in [2.05, 4.69) is 4.98 Å². The summed E-state index contributed by atoms with van der Waals surface area (Å²) in [5, 5.41) is 9.43. The summed E-state index contributed by atoms with van der Waals surface area (Å²) in [6.07, 6.45) is 0.953. The molecule has 1 amide bonds. The number of carbonyl (C=O) groups excluding carboxylic acids is 1. The van der Waals surface area contributed by atoms with Crippen molar-refractivity contribution in [2.45, 2.75) is 18.9 Å². The van der Waals surface area contributed by atoms with Crippen molar-refractivity contribution in [3.05, 3.63) is 46.0 Å². The molecule has 22 heavy (non-hydrogen) atoms. The van der Waals surface area contributed by atoms with Crippen molar-refractivity contribution in [2.24, 2.45) is 0 Å². The van der Waals surface area contributed by atoms with Crippen LogP contribution in [0.1, 0.15) is 23.2 Å². The third-order valence-electron chi connectivity index (χ3n) is 3.83. The van der Waals surface area contributed by atoms with Gasteiger partial charge in [-0.05, 0) is 31.0 Å². The summed E-state index contributed by atoms with van der Waals surface area (Å²) in [7, 11) is 0. The van der Waals surface area contributed by atoms with Gasteiger partial charge in [0.15, 0.2) is 0 Å². The predicted octanol–water partition coefficient (Wildman–Crippen LogP) is 1.36. The highest BCUT2D eigenvalue weighted by Crippen LogP contribution is 2.23. The standard InChI is InChI=1S/C15H13FN2O4/c16-8-3-4-11-9(6-8)10(7-13(19)17-11)14(20)18-5-1-2-12(18)15(21)22/h3-4,6-7,12H,1-2,5H2,(H,17,19)(H,21,22). The van der Waals surface area contributed by atoms with Gasteiger partial charge >= 0.3 is 5.97 Å². The van der Waals surface area contributed by atoms with Gasteiger partial charge in [0, 0.05) is 23.5 Å². The van der Waals surface area contributed by atoms with E-state index in [0.717, 1.165) is 12.1 Å². The topological polar surface area (TPSA) is 90.5 Å². The summed E-state index contributed by atoms with van der Waals surface area (Å²) >= 11 is 0. The van der Waals surface area contributed by atoms with Gasteiger partial charge in [0.2, 0.25) is 5.56 Å². The van der Waals surface area contributed by atoms with E-state index in [9.17, 15) is 18.8 Å². The lowest BCUT2D eigenvalue weighted by molar-refractivity contribution is -0.141. The Morgan fingerprint density at radius 2 is 2.09 bits per heavy atom. The Balaban J connectivity index is 2.13. The minimum Gasteiger partial charge on any atom is -0.480 e. The number of pyridine rings is 1.